The first kappa shape index (κ1) is 16.7. The molecular formula is C18H19N3O2S. The SMILES string of the molecule is Cc1ccc(S(=O)(=O)N2C[C@@H]3[C@@H](C)[C@H](C#N)C(C#N)=C[C@@H]3C2)cc1. The van der Waals surface area contributed by atoms with Gasteiger partial charge in [-0.3, -0.25) is 0 Å². The van der Waals surface area contributed by atoms with Gasteiger partial charge in [-0.1, -0.05) is 30.7 Å². The molecule has 0 amide bonds. The Morgan fingerprint density at radius 3 is 2.42 bits per heavy atom. The van der Waals surface area contributed by atoms with Crippen molar-refractivity contribution in [2.45, 2.75) is 18.7 Å². The Morgan fingerprint density at radius 2 is 1.83 bits per heavy atom. The van der Waals surface area contributed by atoms with E-state index in [-0.39, 0.29) is 17.8 Å². The average Bonchev–Trinajstić information content (AvgIpc) is 3.00. The Labute approximate surface area is 142 Å². The Morgan fingerprint density at radius 1 is 1.17 bits per heavy atom. The third-order valence-electron chi connectivity index (χ3n) is 5.24. The number of rotatable bonds is 2. The number of nitriles is 2. The van der Waals surface area contributed by atoms with Crippen LogP contribution in [-0.2, 0) is 10.0 Å². The molecule has 3 rings (SSSR count). The van der Waals surface area contributed by atoms with Gasteiger partial charge in [0.15, 0.2) is 0 Å². The van der Waals surface area contributed by atoms with E-state index in [0.29, 0.717) is 23.6 Å². The summed E-state index contributed by atoms with van der Waals surface area (Å²) in [5, 5.41) is 18.6. The lowest BCUT2D eigenvalue weighted by Crippen LogP contribution is -2.32. The number of benzene rings is 1. The van der Waals surface area contributed by atoms with Crippen LogP contribution < -0.4 is 0 Å². The lowest BCUT2D eigenvalue weighted by molar-refractivity contribution is 0.275. The molecule has 1 aromatic carbocycles. The van der Waals surface area contributed by atoms with Crippen LogP contribution >= 0.6 is 0 Å². The molecule has 0 spiro atoms. The number of fused-ring (bicyclic) bond motifs is 1. The molecule has 6 heteroatoms. The largest absolute Gasteiger partial charge is 0.243 e. The van der Waals surface area contributed by atoms with Gasteiger partial charge in [-0.25, -0.2) is 8.42 Å². The van der Waals surface area contributed by atoms with Crippen LogP contribution in [0.25, 0.3) is 0 Å². The quantitative estimate of drug-likeness (QED) is 0.827. The highest BCUT2D eigenvalue weighted by Crippen LogP contribution is 2.43. The van der Waals surface area contributed by atoms with E-state index >= 15 is 0 Å². The highest BCUT2D eigenvalue weighted by molar-refractivity contribution is 7.89. The Kier molecular flexibility index (Phi) is 4.21. The van der Waals surface area contributed by atoms with Crippen LogP contribution in [0.1, 0.15) is 12.5 Å². The zero-order valence-electron chi connectivity index (χ0n) is 13.7. The Bertz CT molecular complexity index is 859. The summed E-state index contributed by atoms with van der Waals surface area (Å²) in [5.41, 5.74) is 1.48. The van der Waals surface area contributed by atoms with Crippen molar-refractivity contribution in [2.75, 3.05) is 13.1 Å². The van der Waals surface area contributed by atoms with Crippen LogP contribution in [0.4, 0.5) is 0 Å². The molecule has 1 aliphatic carbocycles. The van der Waals surface area contributed by atoms with E-state index in [1.165, 1.54) is 4.31 Å². The lowest BCUT2D eigenvalue weighted by atomic mass is 9.70. The van der Waals surface area contributed by atoms with Crippen LogP contribution in [-0.4, -0.2) is 25.8 Å². The molecule has 2 aliphatic rings. The van der Waals surface area contributed by atoms with Gasteiger partial charge in [0, 0.05) is 18.7 Å². The number of sulfonamides is 1. The summed E-state index contributed by atoms with van der Waals surface area (Å²) in [5.74, 6) is -0.400. The first-order chi connectivity index (χ1) is 11.4. The summed E-state index contributed by atoms with van der Waals surface area (Å²) < 4.78 is 27.2. The molecule has 5 nitrogen and oxygen atoms in total. The zero-order chi connectivity index (χ0) is 17.5. The monoisotopic (exact) mass is 341 g/mol. The third kappa shape index (κ3) is 2.62. The van der Waals surface area contributed by atoms with Crippen molar-refractivity contribution in [1.82, 2.24) is 4.31 Å². The molecule has 1 saturated heterocycles. The minimum atomic E-state index is -3.55. The molecule has 0 unspecified atom stereocenters. The summed E-state index contributed by atoms with van der Waals surface area (Å²) in [4.78, 5) is 0.292. The summed E-state index contributed by atoms with van der Waals surface area (Å²) in [6.07, 6.45) is 1.81. The van der Waals surface area contributed by atoms with Crippen molar-refractivity contribution in [3.63, 3.8) is 0 Å². The predicted molar refractivity (Wildman–Crippen MR) is 88.9 cm³/mol. The van der Waals surface area contributed by atoms with Crippen molar-refractivity contribution in [3.05, 3.63) is 41.5 Å². The first-order valence-corrected chi connectivity index (χ1v) is 9.40. The van der Waals surface area contributed by atoms with Crippen molar-refractivity contribution in [3.8, 4) is 12.1 Å². The van der Waals surface area contributed by atoms with Gasteiger partial charge >= 0.3 is 0 Å². The fourth-order valence-corrected chi connectivity index (χ4v) is 5.28. The minimum Gasteiger partial charge on any atom is -0.207 e. The minimum absolute atomic E-state index is 0.000488. The lowest BCUT2D eigenvalue weighted by Gasteiger charge is -2.31. The Hall–Kier alpha value is -2.15. The fraction of sp³-hybridized carbons (Fsp3) is 0.444. The van der Waals surface area contributed by atoms with Gasteiger partial charge in [0.05, 0.1) is 23.0 Å². The highest BCUT2D eigenvalue weighted by Gasteiger charge is 2.46. The van der Waals surface area contributed by atoms with Crippen LogP contribution in [0, 0.1) is 53.3 Å². The molecule has 0 saturated carbocycles. The molecule has 1 aliphatic heterocycles. The predicted octanol–water partition coefficient (Wildman–Crippen LogP) is 2.47. The second-order valence-electron chi connectivity index (χ2n) is 6.66. The van der Waals surface area contributed by atoms with Gasteiger partial charge in [0.25, 0.3) is 0 Å². The van der Waals surface area contributed by atoms with Crippen LogP contribution in [0.2, 0.25) is 0 Å². The van der Waals surface area contributed by atoms with E-state index in [4.69, 9.17) is 0 Å². The summed E-state index contributed by atoms with van der Waals surface area (Å²) >= 11 is 0. The summed E-state index contributed by atoms with van der Waals surface area (Å²) in [6.45, 7) is 4.63. The van der Waals surface area contributed by atoms with E-state index in [9.17, 15) is 18.9 Å². The zero-order valence-corrected chi connectivity index (χ0v) is 14.5. The van der Waals surface area contributed by atoms with Crippen molar-refractivity contribution in [2.24, 2.45) is 23.7 Å². The van der Waals surface area contributed by atoms with E-state index in [1.54, 1.807) is 24.3 Å². The maximum Gasteiger partial charge on any atom is 0.243 e. The molecule has 1 aromatic rings. The van der Waals surface area contributed by atoms with Crippen molar-refractivity contribution < 1.29 is 8.42 Å². The van der Waals surface area contributed by atoms with E-state index in [0.717, 1.165) is 5.56 Å². The molecule has 1 heterocycles. The Balaban J connectivity index is 1.91. The number of aryl methyl sites for hydroxylation is 1. The number of allylic oxidation sites excluding steroid dienone is 1. The standard InChI is InChI=1S/C18H19N3O2S/c1-12-3-5-16(6-4-12)24(22,23)21-10-15-7-14(8-19)17(9-20)13(2)18(15)11-21/h3-7,13,15,17-18H,10-11H2,1-2H3/t13-,15+,17-,18+/m0/s1. The molecule has 4 atom stereocenters. The smallest absolute Gasteiger partial charge is 0.207 e. The maximum atomic E-state index is 12.9. The molecule has 124 valence electrons. The van der Waals surface area contributed by atoms with E-state index in [2.05, 4.69) is 12.1 Å². The van der Waals surface area contributed by atoms with E-state index in [1.807, 2.05) is 19.9 Å². The second kappa shape index (κ2) is 6.05. The van der Waals surface area contributed by atoms with Crippen LogP contribution in [0.3, 0.4) is 0 Å². The fourth-order valence-electron chi connectivity index (χ4n) is 3.76. The molecule has 0 N–H and O–H groups in total. The van der Waals surface area contributed by atoms with Gasteiger partial charge in [0.2, 0.25) is 10.0 Å². The average molecular weight is 341 g/mol. The summed E-state index contributed by atoms with van der Waals surface area (Å²) in [7, 11) is -3.55. The molecule has 24 heavy (non-hydrogen) atoms. The van der Waals surface area contributed by atoms with Crippen molar-refractivity contribution >= 4 is 10.0 Å². The molecule has 0 radical (unpaired) electrons. The molecule has 0 bridgehead atoms. The molecule has 1 fully saturated rings. The van der Waals surface area contributed by atoms with Gasteiger partial charge < -0.3 is 0 Å². The van der Waals surface area contributed by atoms with E-state index < -0.39 is 15.9 Å². The van der Waals surface area contributed by atoms with Gasteiger partial charge in [-0.2, -0.15) is 14.8 Å². The maximum absolute atomic E-state index is 12.9. The first-order valence-electron chi connectivity index (χ1n) is 7.96. The summed E-state index contributed by atoms with van der Waals surface area (Å²) in [6, 6.07) is 11.1. The van der Waals surface area contributed by atoms with Crippen molar-refractivity contribution in [1.29, 1.82) is 10.5 Å². The normalized spacial score (nSPS) is 30.1. The number of hydrogen-bond donors (Lipinski definition) is 0. The molecular weight excluding hydrogens is 322 g/mol. The van der Waals surface area contributed by atoms with Crippen LogP contribution in [0.5, 0.6) is 0 Å². The number of nitrogens with zero attached hydrogens (tertiary/aromatic N) is 3. The third-order valence-corrected chi connectivity index (χ3v) is 7.08. The molecule has 0 aromatic heterocycles. The number of hydrogen-bond acceptors (Lipinski definition) is 4. The van der Waals surface area contributed by atoms with Gasteiger partial charge in [-0.15, -0.1) is 0 Å². The van der Waals surface area contributed by atoms with Crippen LogP contribution in [0.15, 0.2) is 40.8 Å². The highest BCUT2D eigenvalue weighted by atomic mass is 32.2. The van der Waals surface area contributed by atoms with Gasteiger partial charge in [-0.05, 0) is 36.8 Å². The topological polar surface area (TPSA) is 85.0 Å². The second-order valence-corrected chi connectivity index (χ2v) is 8.60. The van der Waals surface area contributed by atoms with Gasteiger partial charge in [0.1, 0.15) is 0 Å².